The smallest absolute Gasteiger partial charge is 0.185 e. The van der Waals surface area contributed by atoms with Gasteiger partial charge in [-0.15, -0.1) is 11.3 Å². The lowest BCUT2D eigenvalue weighted by atomic mass is 10.1. The quantitative estimate of drug-likeness (QED) is 0.775. The molecule has 2 rings (SSSR count). The van der Waals surface area contributed by atoms with Crippen molar-refractivity contribution in [1.29, 1.82) is 0 Å². The Hall–Kier alpha value is -0.610. The van der Waals surface area contributed by atoms with Crippen molar-refractivity contribution >= 4 is 16.5 Å². The molecule has 3 nitrogen and oxygen atoms in total. The third-order valence-electron chi connectivity index (χ3n) is 2.54. The number of aromatic nitrogens is 1. The van der Waals surface area contributed by atoms with Crippen LogP contribution in [0.15, 0.2) is 11.6 Å². The van der Waals surface area contributed by atoms with E-state index in [4.69, 9.17) is 0 Å². The standard InChI is InChI=1S/C9H15N3S/c1-12(9-11-5-6-13-9)8-3-2-4-10-7-8/h5-6,8,10H,2-4,7H2,1H3. The van der Waals surface area contributed by atoms with Crippen LogP contribution in [0.25, 0.3) is 0 Å². The Kier molecular flexibility index (Phi) is 2.80. The highest BCUT2D eigenvalue weighted by atomic mass is 32.1. The summed E-state index contributed by atoms with van der Waals surface area (Å²) in [7, 11) is 2.14. The molecule has 0 bridgehead atoms. The van der Waals surface area contributed by atoms with Crippen LogP contribution in [0.2, 0.25) is 0 Å². The predicted octanol–water partition coefficient (Wildman–Crippen LogP) is 1.33. The number of rotatable bonds is 2. The van der Waals surface area contributed by atoms with Gasteiger partial charge in [-0.05, 0) is 19.4 Å². The summed E-state index contributed by atoms with van der Waals surface area (Å²) >= 11 is 1.71. The number of anilines is 1. The molecule has 0 aliphatic carbocycles. The highest BCUT2D eigenvalue weighted by Gasteiger charge is 2.18. The van der Waals surface area contributed by atoms with Gasteiger partial charge in [-0.3, -0.25) is 0 Å². The average molecular weight is 197 g/mol. The average Bonchev–Trinajstić information content (AvgIpc) is 2.71. The molecular formula is C9H15N3S. The van der Waals surface area contributed by atoms with Crippen LogP contribution in [-0.4, -0.2) is 31.2 Å². The lowest BCUT2D eigenvalue weighted by molar-refractivity contribution is 0.445. The van der Waals surface area contributed by atoms with Gasteiger partial charge in [-0.25, -0.2) is 4.98 Å². The first kappa shape index (κ1) is 8.97. The highest BCUT2D eigenvalue weighted by molar-refractivity contribution is 7.13. The summed E-state index contributed by atoms with van der Waals surface area (Å²) in [6.07, 6.45) is 4.43. The summed E-state index contributed by atoms with van der Waals surface area (Å²) in [5.41, 5.74) is 0. The molecule has 4 heteroatoms. The van der Waals surface area contributed by atoms with E-state index in [0.717, 1.165) is 11.7 Å². The second-order valence-electron chi connectivity index (χ2n) is 3.43. The summed E-state index contributed by atoms with van der Waals surface area (Å²) in [6, 6.07) is 0.625. The SMILES string of the molecule is CN(c1nccs1)C1CCCNC1. The lowest BCUT2D eigenvalue weighted by Gasteiger charge is -2.31. The number of likely N-dealkylation sites (N-methyl/N-ethyl adjacent to an activating group) is 1. The Morgan fingerprint density at radius 3 is 3.23 bits per heavy atom. The normalized spacial score (nSPS) is 23.0. The molecule has 0 saturated carbocycles. The highest BCUT2D eigenvalue weighted by Crippen LogP contribution is 2.20. The molecule has 1 aromatic rings. The molecule has 1 atom stereocenters. The number of thiazole rings is 1. The van der Waals surface area contributed by atoms with Gasteiger partial charge < -0.3 is 10.2 Å². The fourth-order valence-electron chi connectivity index (χ4n) is 1.71. The minimum Gasteiger partial charge on any atom is -0.347 e. The number of hydrogen-bond donors (Lipinski definition) is 1. The maximum absolute atomic E-state index is 4.31. The van der Waals surface area contributed by atoms with E-state index < -0.39 is 0 Å². The van der Waals surface area contributed by atoms with Gasteiger partial charge in [0.1, 0.15) is 0 Å². The second-order valence-corrected chi connectivity index (χ2v) is 4.30. The van der Waals surface area contributed by atoms with Gasteiger partial charge in [0.25, 0.3) is 0 Å². The molecule has 1 aliphatic rings. The van der Waals surface area contributed by atoms with E-state index in [-0.39, 0.29) is 0 Å². The minimum atomic E-state index is 0.625. The first-order valence-electron chi connectivity index (χ1n) is 4.71. The fraction of sp³-hybridized carbons (Fsp3) is 0.667. The molecule has 1 N–H and O–H groups in total. The van der Waals surface area contributed by atoms with Gasteiger partial charge in [0.2, 0.25) is 0 Å². The van der Waals surface area contributed by atoms with Gasteiger partial charge in [-0.1, -0.05) is 0 Å². The van der Waals surface area contributed by atoms with Crippen molar-refractivity contribution < 1.29 is 0 Å². The molecule has 1 fully saturated rings. The summed E-state index contributed by atoms with van der Waals surface area (Å²) in [6.45, 7) is 2.26. The Morgan fingerprint density at radius 1 is 1.69 bits per heavy atom. The molecule has 2 heterocycles. The Morgan fingerprint density at radius 2 is 2.62 bits per heavy atom. The number of nitrogens with zero attached hydrogens (tertiary/aromatic N) is 2. The molecule has 1 aromatic heterocycles. The van der Waals surface area contributed by atoms with E-state index in [1.807, 2.05) is 11.6 Å². The number of hydrogen-bond acceptors (Lipinski definition) is 4. The lowest BCUT2D eigenvalue weighted by Crippen LogP contribution is -2.44. The molecule has 1 unspecified atom stereocenters. The van der Waals surface area contributed by atoms with Gasteiger partial charge in [0.05, 0.1) is 0 Å². The van der Waals surface area contributed by atoms with Crippen LogP contribution in [0.3, 0.4) is 0 Å². The van der Waals surface area contributed by atoms with Crippen molar-refractivity contribution in [1.82, 2.24) is 10.3 Å². The zero-order valence-corrected chi connectivity index (χ0v) is 8.68. The van der Waals surface area contributed by atoms with Crippen molar-refractivity contribution in [2.45, 2.75) is 18.9 Å². The van der Waals surface area contributed by atoms with Crippen molar-refractivity contribution in [2.75, 3.05) is 25.0 Å². The third-order valence-corrected chi connectivity index (χ3v) is 3.40. The van der Waals surface area contributed by atoms with Crippen LogP contribution in [-0.2, 0) is 0 Å². The second kappa shape index (κ2) is 4.07. The first-order valence-corrected chi connectivity index (χ1v) is 5.59. The predicted molar refractivity (Wildman–Crippen MR) is 56.4 cm³/mol. The largest absolute Gasteiger partial charge is 0.347 e. The van der Waals surface area contributed by atoms with E-state index in [2.05, 4.69) is 22.2 Å². The van der Waals surface area contributed by atoms with Gasteiger partial charge in [-0.2, -0.15) is 0 Å². The number of nitrogens with one attached hydrogen (secondary N) is 1. The van der Waals surface area contributed by atoms with E-state index in [9.17, 15) is 0 Å². The molecule has 1 aliphatic heterocycles. The van der Waals surface area contributed by atoms with Gasteiger partial charge in [0.15, 0.2) is 5.13 Å². The van der Waals surface area contributed by atoms with Crippen LogP contribution in [0.4, 0.5) is 5.13 Å². The summed E-state index contributed by atoms with van der Waals surface area (Å²) in [5, 5.41) is 6.58. The van der Waals surface area contributed by atoms with Crippen molar-refractivity contribution in [3.63, 3.8) is 0 Å². The number of piperidine rings is 1. The van der Waals surface area contributed by atoms with Gasteiger partial charge in [0, 0.05) is 31.2 Å². The Labute approximate surface area is 82.8 Å². The van der Waals surface area contributed by atoms with E-state index in [1.54, 1.807) is 11.3 Å². The molecule has 0 amide bonds. The van der Waals surface area contributed by atoms with Crippen LogP contribution in [0.1, 0.15) is 12.8 Å². The van der Waals surface area contributed by atoms with Crippen molar-refractivity contribution in [3.8, 4) is 0 Å². The Balaban J connectivity index is 1.99. The first-order chi connectivity index (χ1) is 6.38. The van der Waals surface area contributed by atoms with Crippen LogP contribution in [0.5, 0.6) is 0 Å². The molecule has 1 saturated heterocycles. The molecule has 0 radical (unpaired) electrons. The zero-order chi connectivity index (χ0) is 9.10. The monoisotopic (exact) mass is 197 g/mol. The maximum atomic E-state index is 4.31. The van der Waals surface area contributed by atoms with Crippen molar-refractivity contribution in [2.24, 2.45) is 0 Å². The van der Waals surface area contributed by atoms with E-state index in [1.165, 1.54) is 19.4 Å². The minimum absolute atomic E-state index is 0.625. The van der Waals surface area contributed by atoms with Crippen LogP contribution >= 0.6 is 11.3 Å². The summed E-state index contributed by atoms with van der Waals surface area (Å²) in [5.74, 6) is 0. The molecule has 0 aromatic carbocycles. The topological polar surface area (TPSA) is 28.2 Å². The van der Waals surface area contributed by atoms with Crippen LogP contribution < -0.4 is 10.2 Å². The molecular weight excluding hydrogens is 182 g/mol. The van der Waals surface area contributed by atoms with Crippen LogP contribution in [0, 0.1) is 0 Å². The molecule has 13 heavy (non-hydrogen) atoms. The molecule has 72 valence electrons. The summed E-state index contributed by atoms with van der Waals surface area (Å²) in [4.78, 5) is 6.60. The maximum Gasteiger partial charge on any atom is 0.185 e. The Bertz CT molecular complexity index is 241. The van der Waals surface area contributed by atoms with E-state index >= 15 is 0 Å². The van der Waals surface area contributed by atoms with Crippen molar-refractivity contribution in [3.05, 3.63) is 11.6 Å². The molecule has 0 spiro atoms. The third kappa shape index (κ3) is 2.00. The van der Waals surface area contributed by atoms with Gasteiger partial charge >= 0.3 is 0 Å². The van der Waals surface area contributed by atoms with E-state index in [0.29, 0.717) is 6.04 Å². The fourth-order valence-corrected chi connectivity index (χ4v) is 2.39. The summed E-state index contributed by atoms with van der Waals surface area (Å²) < 4.78 is 0. The zero-order valence-electron chi connectivity index (χ0n) is 7.86.